The van der Waals surface area contributed by atoms with Crippen molar-refractivity contribution in [2.24, 2.45) is 0 Å². The molecule has 0 saturated carbocycles. The van der Waals surface area contributed by atoms with Crippen molar-refractivity contribution >= 4 is 15.9 Å². The number of amides is 1. The maximum atomic E-state index is 12.9. The molecule has 0 aromatic heterocycles. The Bertz CT molecular complexity index is 949. The standard InChI is InChI=1S/C21H26N2O5S/c1-15-13-23(14-16(2)28-15)29(25,26)20-9-7-18(8-10-20)21(24)22-12-17-5-4-6-19(11-17)27-3/h4-11,15-16H,12-14H2,1-3H3,(H,22,24)/t15-,16-/m0/s1. The molecule has 1 amide bonds. The third kappa shape index (κ3) is 5.14. The summed E-state index contributed by atoms with van der Waals surface area (Å²) in [6.07, 6.45) is -0.314. The van der Waals surface area contributed by atoms with Gasteiger partial charge in [-0.05, 0) is 55.8 Å². The molecule has 0 spiro atoms. The van der Waals surface area contributed by atoms with Crippen LogP contribution in [0.5, 0.6) is 5.75 Å². The number of rotatable bonds is 6. The first kappa shape index (κ1) is 21.3. The van der Waals surface area contributed by atoms with Gasteiger partial charge in [0, 0.05) is 25.2 Å². The summed E-state index contributed by atoms with van der Waals surface area (Å²) < 4.78 is 38.0. The molecule has 0 unspecified atom stereocenters. The van der Waals surface area contributed by atoms with E-state index >= 15 is 0 Å². The quantitative estimate of drug-likeness (QED) is 0.779. The number of carbonyl (C=O) groups is 1. The summed E-state index contributed by atoms with van der Waals surface area (Å²) in [5, 5.41) is 2.83. The number of carbonyl (C=O) groups excluding carboxylic acids is 1. The summed E-state index contributed by atoms with van der Waals surface area (Å²) in [6, 6.07) is 13.4. The predicted octanol–water partition coefficient (Wildman–Crippen LogP) is 2.42. The summed E-state index contributed by atoms with van der Waals surface area (Å²) in [6.45, 7) is 4.69. The molecule has 1 aliphatic heterocycles. The van der Waals surface area contributed by atoms with Crippen molar-refractivity contribution in [3.05, 3.63) is 59.7 Å². The van der Waals surface area contributed by atoms with Crippen LogP contribution in [0.3, 0.4) is 0 Å². The van der Waals surface area contributed by atoms with Gasteiger partial charge in [0.2, 0.25) is 10.0 Å². The first-order chi connectivity index (χ1) is 13.8. The monoisotopic (exact) mass is 418 g/mol. The number of nitrogens with zero attached hydrogens (tertiary/aromatic N) is 1. The van der Waals surface area contributed by atoms with Gasteiger partial charge in [-0.15, -0.1) is 0 Å². The minimum absolute atomic E-state index is 0.157. The van der Waals surface area contributed by atoms with Crippen LogP contribution in [-0.2, 0) is 21.3 Å². The SMILES string of the molecule is COc1cccc(CNC(=O)c2ccc(S(=O)(=O)N3C[C@H](C)O[C@@H](C)C3)cc2)c1. The normalized spacial score (nSPS) is 20.2. The molecule has 0 bridgehead atoms. The van der Waals surface area contributed by atoms with Crippen molar-refractivity contribution in [3.8, 4) is 5.75 Å². The number of hydrogen-bond acceptors (Lipinski definition) is 5. The van der Waals surface area contributed by atoms with E-state index in [2.05, 4.69) is 5.32 Å². The molecule has 0 radical (unpaired) electrons. The molecule has 0 aliphatic carbocycles. The summed E-state index contributed by atoms with van der Waals surface area (Å²) in [7, 11) is -2.04. The van der Waals surface area contributed by atoms with E-state index in [1.807, 2.05) is 38.1 Å². The molecule has 2 aromatic rings. The van der Waals surface area contributed by atoms with Gasteiger partial charge in [-0.25, -0.2) is 8.42 Å². The Hall–Kier alpha value is -2.42. The molecule has 1 heterocycles. The maximum Gasteiger partial charge on any atom is 0.251 e. The third-order valence-electron chi connectivity index (χ3n) is 4.73. The second kappa shape index (κ2) is 8.94. The van der Waals surface area contributed by atoms with E-state index in [1.54, 1.807) is 7.11 Å². The molecule has 29 heavy (non-hydrogen) atoms. The average molecular weight is 419 g/mol. The second-order valence-corrected chi connectivity index (χ2v) is 9.08. The third-order valence-corrected chi connectivity index (χ3v) is 6.57. The summed E-state index contributed by atoms with van der Waals surface area (Å²) >= 11 is 0. The van der Waals surface area contributed by atoms with Crippen LogP contribution in [0.25, 0.3) is 0 Å². The van der Waals surface area contributed by atoms with Crippen molar-refractivity contribution in [1.82, 2.24) is 9.62 Å². The Morgan fingerprint density at radius 1 is 1.14 bits per heavy atom. The molecule has 2 aromatic carbocycles. The first-order valence-electron chi connectivity index (χ1n) is 9.46. The molecular formula is C21H26N2O5S. The fraction of sp³-hybridized carbons (Fsp3) is 0.381. The summed E-state index contributed by atoms with van der Waals surface area (Å²) in [4.78, 5) is 12.6. The Kier molecular flexibility index (Phi) is 6.56. The number of morpholine rings is 1. The van der Waals surface area contributed by atoms with Gasteiger partial charge < -0.3 is 14.8 Å². The molecule has 156 valence electrons. The van der Waals surface area contributed by atoms with Gasteiger partial charge in [0.15, 0.2) is 0 Å². The van der Waals surface area contributed by atoms with Crippen LogP contribution < -0.4 is 10.1 Å². The Labute approximate surface area is 171 Å². The number of nitrogens with one attached hydrogen (secondary N) is 1. The first-order valence-corrected chi connectivity index (χ1v) is 10.9. The lowest BCUT2D eigenvalue weighted by Crippen LogP contribution is -2.48. The smallest absolute Gasteiger partial charge is 0.251 e. The van der Waals surface area contributed by atoms with Gasteiger partial charge in [0.05, 0.1) is 24.2 Å². The maximum absolute atomic E-state index is 12.9. The van der Waals surface area contributed by atoms with E-state index in [0.717, 1.165) is 11.3 Å². The molecule has 1 saturated heterocycles. The van der Waals surface area contributed by atoms with Crippen LogP contribution in [-0.4, -0.2) is 51.0 Å². The van der Waals surface area contributed by atoms with Crippen molar-refractivity contribution in [2.75, 3.05) is 20.2 Å². The van der Waals surface area contributed by atoms with Crippen molar-refractivity contribution in [2.45, 2.75) is 37.5 Å². The van der Waals surface area contributed by atoms with E-state index < -0.39 is 10.0 Å². The van der Waals surface area contributed by atoms with Crippen molar-refractivity contribution in [1.29, 1.82) is 0 Å². The van der Waals surface area contributed by atoms with Gasteiger partial charge in [0.1, 0.15) is 5.75 Å². The van der Waals surface area contributed by atoms with E-state index in [-0.39, 0.29) is 23.0 Å². The zero-order valence-corrected chi connectivity index (χ0v) is 17.6. The number of hydrogen-bond donors (Lipinski definition) is 1. The topological polar surface area (TPSA) is 84.9 Å². The number of ether oxygens (including phenoxy) is 2. The molecule has 1 N–H and O–H groups in total. The highest BCUT2D eigenvalue weighted by Crippen LogP contribution is 2.21. The molecule has 1 fully saturated rings. The molecular weight excluding hydrogens is 392 g/mol. The van der Waals surface area contributed by atoms with E-state index in [9.17, 15) is 13.2 Å². The highest BCUT2D eigenvalue weighted by Gasteiger charge is 2.32. The minimum atomic E-state index is -3.63. The molecule has 3 rings (SSSR count). The van der Waals surface area contributed by atoms with Crippen LogP contribution >= 0.6 is 0 Å². The van der Waals surface area contributed by atoms with Crippen LogP contribution in [0.2, 0.25) is 0 Å². The second-order valence-electron chi connectivity index (χ2n) is 7.14. The van der Waals surface area contributed by atoms with Crippen LogP contribution in [0.4, 0.5) is 0 Å². The van der Waals surface area contributed by atoms with E-state index in [0.29, 0.717) is 25.2 Å². The van der Waals surface area contributed by atoms with Gasteiger partial charge in [-0.2, -0.15) is 4.31 Å². The fourth-order valence-electron chi connectivity index (χ4n) is 3.32. The van der Waals surface area contributed by atoms with Gasteiger partial charge >= 0.3 is 0 Å². The minimum Gasteiger partial charge on any atom is -0.497 e. The van der Waals surface area contributed by atoms with Gasteiger partial charge in [-0.3, -0.25) is 4.79 Å². The molecule has 1 aliphatic rings. The lowest BCUT2D eigenvalue weighted by Gasteiger charge is -2.34. The molecule has 7 nitrogen and oxygen atoms in total. The van der Waals surface area contributed by atoms with Crippen LogP contribution in [0.15, 0.2) is 53.4 Å². The summed E-state index contributed by atoms with van der Waals surface area (Å²) in [5.41, 5.74) is 1.31. The molecule has 2 atom stereocenters. The fourth-order valence-corrected chi connectivity index (χ4v) is 4.91. The lowest BCUT2D eigenvalue weighted by atomic mass is 10.2. The van der Waals surface area contributed by atoms with Crippen LogP contribution in [0, 0.1) is 0 Å². The zero-order chi connectivity index (χ0) is 21.0. The van der Waals surface area contributed by atoms with E-state index in [1.165, 1.54) is 28.6 Å². The van der Waals surface area contributed by atoms with Gasteiger partial charge in [-0.1, -0.05) is 12.1 Å². The van der Waals surface area contributed by atoms with Crippen molar-refractivity contribution < 1.29 is 22.7 Å². The Morgan fingerprint density at radius 2 is 1.79 bits per heavy atom. The number of methoxy groups -OCH3 is 1. The van der Waals surface area contributed by atoms with E-state index in [4.69, 9.17) is 9.47 Å². The number of sulfonamides is 1. The average Bonchev–Trinajstić information content (AvgIpc) is 2.71. The van der Waals surface area contributed by atoms with Crippen molar-refractivity contribution in [3.63, 3.8) is 0 Å². The van der Waals surface area contributed by atoms with Gasteiger partial charge in [0.25, 0.3) is 5.91 Å². The summed E-state index contributed by atoms with van der Waals surface area (Å²) in [5.74, 6) is 0.448. The number of benzene rings is 2. The zero-order valence-electron chi connectivity index (χ0n) is 16.8. The Balaban J connectivity index is 1.66. The Morgan fingerprint density at radius 3 is 2.41 bits per heavy atom. The molecule has 8 heteroatoms. The predicted molar refractivity (Wildman–Crippen MR) is 109 cm³/mol. The van der Waals surface area contributed by atoms with Crippen LogP contribution in [0.1, 0.15) is 29.8 Å². The lowest BCUT2D eigenvalue weighted by molar-refractivity contribution is -0.0440. The highest BCUT2D eigenvalue weighted by molar-refractivity contribution is 7.89. The highest BCUT2D eigenvalue weighted by atomic mass is 32.2. The largest absolute Gasteiger partial charge is 0.497 e.